The second kappa shape index (κ2) is 2.60. The highest BCUT2D eigenvalue weighted by atomic mass is 14.3. The zero-order valence-electron chi connectivity index (χ0n) is 9.07. The normalized spacial score (nSPS) is 18.8. The Morgan fingerprint density at radius 1 is 1.15 bits per heavy atom. The molecule has 0 aliphatic heterocycles. The van der Waals surface area contributed by atoms with E-state index >= 15 is 0 Å². The minimum Gasteiger partial charge on any atom is -0.0561 e. The van der Waals surface area contributed by atoms with Crippen molar-refractivity contribution in [1.29, 1.82) is 0 Å². The molecule has 70 valence electrons. The number of rotatable bonds is 0. The lowest BCUT2D eigenvalue weighted by atomic mass is 9.85. The number of benzene rings is 1. The Balaban J connectivity index is 2.65. The third-order valence-corrected chi connectivity index (χ3v) is 3.35. The van der Waals surface area contributed by atoms with Crippen LogP contribution in [-0.4, -0.2) is 0 Å². The van der Waals surface area contributed by atoms with E-state index in [-0.39, 0.29) is 0 Å². The van der Waals surface area contributed by atoms with E-state index in [4.69, 9.17) is 0 Å². The van der Waals surface area contributed by atoms with Crippen LogP contribution in [0.2, 0.25) is 0 Å². The van der Waals surface area contributed by atoms with Crippen LogP contribution in [0.5, 0.6) is 0 Å². The number of aryl methyl sites for hydroxylation is 2. The molecule has 0 heterocycles. The molecule has 1 aromatic carbocycles. The Bertz CT molecular complexity index is 345. The van der Waals surface area contributed by atoms with Gasteiger partial charge in [0, 0.05) is 0 Å². The molecular weight excluding hydrogens is 156 g/mol. The third-order valence-electron chi connectivity index (χ3n) is 3.35. The first-order chi connectivity index (χ1) is 6.00. The molecule has 0 fully saturated rings. The fourth-order valence-electron chi connectivity index (χ4n) is 2.51. The first-order valence-corrected chi connectivity index (χ1v) is 5.11. The van der Waals surface area contributed by atoms with Gasteiger partial charge in [0.05, 0.1) is 0 Å². The van der Waals surface area contributed by atoms with E-state index in [0.29, 0.717) is 5.41 Å². The van der Waals surface area contributed by atoms with E-state index < -0.39 is 0 Å². The monoisotopic (exact) mass is 174 g/mol. The lowest BCUT2D eigenvalue weighted by molar-refractivity contribution is 0.522. The molecule has 13 heavy (non-hydrogen) atoms. The molecule has 0 bridgehead atoms. The van der Waals surface area contributed by atoms with E-state index in [1.54, 1.807) is 11.1 Å². The van der Waals surface area contributed by atoms with Crippen LogP contribution in [-0.2, 0) is 11.8 Å². The second-order valence-corrected chi connectivity index (χ2v) is 4.99. The third kappa shape index (κ3) is 1.29. The summed E-state index contributed by atoms with van der Waals surface area (Å²) in [4.78, 5) is 0. The van der Waals surface area contributed by atoms with Gasteiger partial charge in [-0.2, -0.15) is 0 Å². The lowest BCUT2D eigenvalue weighted by Gasteiger charge is -2.19. The van der Waals surface area contributed by atoms with E-state index in [1.165, 1.54) is 24.0 Å². The molecule has 0 nitrogen and oxygen atoms in total. The molecule has 0 amide bonds. The second-order valence-electron chi connectivity index (χ2n) is 4.99. The molecule has 1 aliphatic rings. The van der Waals surface area contributed by atoms with Gasteiger partial charge in [0.25, 0.3) is 0 Å². The van der Waals surface area contributed by atoms with Crippen molar-refractivity contribution in [2.24, 2.45) is 0 Å². The summed E-state index contributed by atoms with van der Waals surface area (Å²) < 4.78 is 0. The van der Waals surface area contributed by atoms with Crippen LogP contribution in [0.3, 0.4) is 0 Å². The van der Waals surface area contributed by atoms with Gasteiger partial charge in [0.2, 0.25) is 0 Å². The minimum atomic E-state index is 0.409. The maximum atomic E-state index is 2.37. The molecular formula is C13H18. The van der Waals surface area contributed by atoms with Gasteiger partial charge < -0.3 is 0 Å². The first-order valence-electron chi connectivity index (χ1n) is 5.11. The van der Waals surface area contributed by atoms with Gasteiger partial charge in [0.1, 0.15) is 0 Å². The van der Waals surface area contributed by atoms with Crippen molar-refractivity contribution < 1.29 is 0 Å². The Morgan fingerprint density at radius 3 is 2.54 bits per heavy atom. The highest BCUT2D eigenvalue weighted by molar-refractivity contribution is 5.45. The molecule has 0 spiro atoms. The summed E-state index contributed by atoms with van der Waals surface area (Å²) in [5.41, 5.74) is 6.50. The van der Waals surface area contributed by atoms with Crippen LogP contribution >= 0.6 is 0 Å². The standard InChI is InChI=1S/C13H18/c1-9-7-10(2)11-5-6-13(3,4)12(11)8-9/h7-8H,5-6H2,1-4H3. The molecule has 0 saturated carbocycles. The fourth-order valence-corrected chi connectivity index (χ4v) is 2.51. The minimum absolute atomic E-state index is 0.409. The van der Waals surface area contributed by atoms with Gasteiger partial charge in [-0.05, 0) is 48.8 Å². The van der Waals surface area contributed by atoms with Crippen molar-refractivity contribution in [2.45, 2.75) is 46.0 Å². The topological polar surface area (TPSA) is 0 Å². The Labute approximate surface area is 81.0 Å². The van der Waals surface area contributed by atoms with E-state index in [2.05, 4.69) is 39.8 Å². The zero-order valence-corrected chi connectivity index (χ0v) is 9.07. The first kappa shape index (κ1) is 8.80. The summed E-state index contributed by atoms with van der Waals surface area (Å²) in [5, 5.41) is 0. The average Bonchev–Trinajstić information content (AvgIpc) is 2.28. The van der Waals surface area contributed by atoms with Crippen LogP contribution in [0, 0.1) is 13.8 Å². The van der Waals surface area contributed by atoms with Gasteiger partial charge in [-0.1, -0.05) is 31.5 Å². The van der Waals surface area contributed by atoms with Crippen molar-refractivity contribution in [2.75, 3.05) is 0 Å². The lowest BCUT2D eigenvalue weighted by Crippen LogP contribution is -2.12. The van der Waals surface area contributed by atoms with E-state index in [9.17, 15) is 0 Å². The van der Waals surface area contributed by atoms with E-state index in [0.717, 1.165) is 0 Å². The predicted octanol–water partition coefficient (Wildman–Crippen LogP) is 3.53. The van der Waals surface area contributed by atoms with Crippen molar-refractivity contribution in [3.8, 4) is 0 Å². The van der Waals surface area contributed by atoms with E-state index in [1.807, 2.05) is 0 Å². The largest absolute Gasteiger partial charge is 0.0561 e. The molecule has 1 aliphatic carbocycles. The van der Waals surface area contributed by atoms with Crippen LogP contribution in [0.4, 0.5) is 0 Å². The van der Waals surface area contributed by atoms with Crippen LogP contribution in [0.25, 0.3) is 0 Å². The number of hydrogen-bond acceptors (Lipinski definition) is 0. The highest BCUT2D eigenvalue weighted by Crippen LogP contribution is 2.40. The summed E-state index contributed by atoms with van der Waals surface area (Å²) in [6.07, 6.45) is 2.58. The summed E-state index contributed by atoms with van der Waals surface area (Å²) >= 11 is 0. The molecule has 2 rings (SSSR count). The smallest absolute Gasteiger partial charge is 0.00975 e. The van der Waals surface area contributed by atoms with Crippen LogP contribution in [0.1, 0.15) is 42.5 Å². The van der Waals surface area contributed by atoms with Gasteiger partial charge >= 0.3 is 0 Å². The van der Waals surface area contributed by atoms with Crippen LogP contribution in [0.15, 0.2) is 12.1 Å². The molecule has 0 unspecified atom stereocenters. The van der Waals surface area contributed by atoms with Gasteiger partial charge in [0.15, 0.2) is 0 Å². The van der Waals surface area contributed by atoms with Crippen molar-refractivity contribution in [3.63, 3.8) is 0 Å². The summed E-state index contributed by atoms with van der Waals surface area (Å²) in [6, 6.07) is 4.68. The Hall–Kier alpha value is -0.780. The number of fused-ring (bicyclic) bond motifs is 1. The number of hydrogen-bond donors (Lipinski definition) is 0. The average molecular weight is 174 g/mol. The molecule has 0 N–H and O–H groups in total. The van der Waals surface area contributed by atoms with Crippen LogP contribution < -0.4 is 0 Å². The zero-order chi connectivity index (χ0) is 9.64. The molecule has 0 aromatic heterocycles. The summed E-state index contributed by atoms with van der Waals surface area (Å²) in [6.45, 7) is 9.16. The summed E-state index contributed by atoms with van der Waals surface area (Å²) in [7, 11) is 0. The fraction of sp³-hybridized carbons (Fsp3) is 0.538. The molecule has 0 heteroatoms. The molecule has 1 aromatic rings. The molecule has 0 radical (unpaired) electrons. The maximum Gasteiger partial charge on any atom is -0.00975 e. The quantitative estimate of drug-likeness (QED) is 0.564. The molecule has 0 saturated heterocycles. The van der Waals surface area contributed by atoms with Gasteiger partial charge in [-0.3, -0.25) is 0 Å². The predicted molar refractivity (Wildman–Crippen MR) is 57.3 cm³/mol. The van der Waals surface area contributed by atoms with Gasteiger partial charge in [-0.25, -0.2) is 0 Å². The van der Waals surface area contributed by atoms with Crippen molar-refractivity contribution >= 4 is 0 Å². The van der Waals surface area contributed by atoms with Crippen molar-refractivity contribution in [3.05, 3.63) is 34.4 Å². The highest BCUT2D eigenvalue weighted by Gasteiger charge is 2.30. The Morgan fingerprint density at radius 2 is 1.85 bits per heavy atom. The van der Waals surface area contributed by atoms with Gasteiger partial charge in [-0.15, -0.1) is 0 Å². The SMILES string of the molecule is Cc1cc(C)c2c(c1)C(C)(C)CC2. The summed E-state index contributed by atoms with van der Waals surface area (Å²) in [5.74, 6) is 0. The maximum absolute atomic E-state index is 2.37. The Kier molecular flexibility index (Phi) is 1.76. The molecule has 0 atom stereocenters. The van der Waals surface area contributed by atoms with Crippen molar-refractivity contribution in [1.82, 2.24) is 0 Å².